The maximum atomic E-state index is 12.8. The molecule has 0 atom stereocenters. The predicted molar refractivity (Wildman–Crippen MR) is 91.7 cm³/mol. The van der Waals surface area contributed by atoms with Gasteiger partial charge in [0.1, 0.15) is 11.6 Å². The highest BCUT2D eigenvalue weighted by atomic mass is 35.5. The molecule has 1 heterocycles. The Labute approximate surface area is 156 Å². The molecule has 0 spiro atoms. The normalized spacial score (nSPS) is 11.1. The van der Waals surface area contributed by atoms with Gasteiger partial charge in [0.15, 0.2) is 0 Å². The third-order valence-corrected chi connectivity index (χ3v) is 3.63. The number of carbonyl (C=O) groups is 2. The van der Waals surface area contributed by atoms with E-state index in [1.54, 1.807) is 6.92 Å². The van der Waals surface area contributed by atoms with E-state index in [2.05, 4.69) is 5.32 Å². The first-order chi connectivity index (χ1) is 12.6. The molecule has 0 aliphatic carbocycles. The fourth-order valence-corrected chi connectivity index (χ4v) is 2.36. The van der Waals surface area contributed by atoms with Crippen molar-refractivity contribution in [2.75, 3.05) is 11.9 Å². The van der Waals surface area contributed by atoms with Gasteiger partial charge in [-0.15, -0.1) is 0 Å². The number of alkyl halides is 3. The van der Waals surface area contributed by atoms with Crippen molar-refractivity contribution in [1.29, 1.82) is 0 Å². The SMILES string of the molecule is CCOC(=O)c1ccc(NC(=O)Cn2cc(C(F)(F)F)cc(Cl)c2=O)cc1. The summed E-state index contributed by atoms with van der Waals surface area (Å²) in [5, 5.41) is 1.78. The van der Waals surface area contributed by atoms with Crippen LogP contribution >= 0.6 is 11.6 Å². The quantitative estimate of drug-likeness (QED) is 0.778. The van der Waals surface area contributed by atoms with Gasteiger partial charge < -0.3 is 14.6 Å². The molecule has 1 aromatic carbocycles. The van der Waals surface area contributed by atoms with Crippen LogP contribution in [-0.2, 0) is 22.3 Å². The Morgan fingerprint density at radius 3 is 2.41 bits per heavy atom. The van der Waals surface area contributed by atoms with Crippen molar-refractivity contribution < 1.29 is 27.5 Å². The van der Waals surface area contributed by atoms with Gasteiger partial charge in [0.25, 0.3) is 5.56 Å². The average Bonchev–Trinajstić information content (AvgIpc) is 2.58. The Balaban J connectivity index is 2.13. The number of benzene rings is 1. The maximum absolute atomic E-state index is 12.8. The van der Waals surface area contributed by atoms with Gasteiger partial charge in [0.2, 0.25) is 5.91 Å². The number of hydrogen-bond acceptors (Lipinski definition) is 4. The number of nitrogens with one attached hydrogen (secondary N) is 1. The van der Waals surface area contributed by atoms with Crippen molar-refractivity contribution in [2.24, 2.45) is 0 Å². The van der Waals surface area contributed by atoms with Crippen LogP contribution < -0.4 is 10.9 Å². The van der Waals surface area contributed by atoms with E-state index in [4.69, 9.17) is 16.3 Å². The first-order valence-corrected chi connectivity index (χ1v) is 8.04. The lowest BCUT2D eigenvalue weighted by Gasteiger charge is -2.12. The molecule has 0 bridgehead atoms. The monoisotopic (exact) mass is 402 g/mol. The summed E-state index contributed by atoms with van der Waals surface area (Å²) in [6.45, 7) is 1.21. The Bertz CT molecular complexity index is 908. The second-order valence-electron chi connectivity index (χ2n) is 5.35. The van der Waals surface area contributed by atoms with Crippen molar-refractivity contribution in [1.82, 2.24) is 4.57 Å². The van der Waals surface area contributed by atoms with E-state index in [1.807, 2.05) is 0 Å². The molecule has 0 aliphatic heterocycles. The lowest BCUT2D eigenvalue weighted by atomic mass is 10.2. The molecule has 1 amide bonds. The summed E-state index contributed by atoms with van der Waals surface area (Å²) in [7, 11) is 0. The van der Waals surface area contributed by atoms with Crippen LogP contribution in [0.2, 0.25) is 5.02 Å². The van der Waals surface area contributed by atoms with Crippen LogP contribution in [0.1, 0.15) is 22.8 Å². The number of rotatable bonds is 5. The van der Waals surface area contributed by atoms with Crippen molar-refractivity contribution in [3.8, 4) is 0 Å². The van der Waals surface area contributed by atoms with Crippen LogP contribution in [0.15, 0.2) is 41.3 Å². The van der Waals surface area contributed by atoms with E-state index in [1.165, 1.54) is 24.3 Å². The molecule has 0 saturated carbocycles. The lowest BCUT2D eigenvalue weighted by molar-refractivity contribution is -0.138. The molecule has 2 aromatic rings. The molecule has 0 unspecified atom stereocenters. The summed E-state index contributed by atoms with van der Waals surface area (Å²) < 4.78 is 43.8. The summed E-state index contributed by atoms with van der Waals surface area (Å²) >= 11 is 5.53. The topological polar surface area (TPSA) is 77.4 Å². The van der Waals surface area contributed by atoms with E-state index in [0.29, 0.717) is 22.5 Å². The Morgan fingerprint density at radius 2 is 1.85 bits per heavy atom. The van der Waals surface area contributed by atoms with Crippen LogP contribution in [0.5, 0.6) is 0 Å². The van der Waals surface area contributed by atoms with Gasteiger partial charge >= 0.3 is 12.1 Å². The second-order valence-corrected chi connectivity index (χ2v) is 5.76. The molecule has 27 heavy (non-hydrogen) atoms. The smallest absolute Gasteiger partial charge is 0.417 e. The molecule has 0 fully saturated rings. The number of nitrogens with zero attached hydrogens (tertiary/aromatic N) is 1. The van der Waals surface area contributed by atoms with Gasteiger partial charge in [-0.2, -0.15) is 13.2 Å². The summed E-state index contributed by atoms with van der Waals surface area (Å²) in [4.78, 5) is 35.4. The first kappa shape index (κ1) is 20.5. The summed E-state index contributed by atoms with van der Waals surface area (Å²) in [6, 6.07) is 6.19. The predicted octanol–water partition coefficient (Wildman–Crippen LogP) is 3.34. The minimum atomic E-state index is -4.71. The molecule has 0 radical (unpaired) electrons. The van der Waals surface area contributed by atoms with Gasteiger partial charge in [0.05, 0.1) is 17.7 Å². The molecular weight excluding hydrogens is 389 g/mol. The van der Waals surface area contributed by atoms with Crippen molar-refractivity contribution in [3.05, 3.63) is 63.0 Å². The Morgan fingerprint density at radius 1 is 1.22 bits per heavy atom. The number of pyridine rings is 1. The van der Waals surface area contributed by atoms with Crippen molar-refractivity contribution in [2.45, 2.75) is 19.6 Å². The van der Waals surface area contributed by atoms with Crippen LogP contribution in [0.25, 0.3) is 0 Å². The average molecular weight is 403 g/mol. The second kappa shape index (κ2) is 8.26. The van der Waals surface area contributed by atoms with E-state index in [9.17, 15) is 27.6 Å². The minimum Gasteiger partial charge on any atom is -0.462 e. The molecule has 144 valence electrons. The Kier molecular flexibility index (Phi) is 6.27. The highest BCUT2D eigenvalue weighted by Crippen LogP contribution is 2.29. The van der Waals surface area contributed by atoms with Gasteiger partial charge in [-0.05, 0) is 37.3 Å². The number of halogens is 4. The summed E-state index contributed by atoms with van der Waals surface area (Å²) in [5.41, 5.74) is -1.49. The summed E-state index contributed by atoms with van der Waals surface area (Å²) in [6.07, 6.45) is -4.18. The number of aromatic nitrogens is 1. The van der Waals surface area contributed by atoms with Crippen LogP contribution in [0.4, 0.5) is 18.9 Å². The number of hydrogen-bond donors (Lipinski definition) is 1. The molecule has 1 N–H and O–H groups in total. The molecule has 2 rings (SSSR count). The summed E-state index contributed by atoms with van der Waals surface area (Å²) in [5.74, 6) is -1.27. The molecule has 10 heteroatoms. The van der Waals surface area contributed by atoms with E-state index in [-0.39, 0.29) is 12.2 Å². The molecular formula is C17H14ClF3N2O4. The highest BCUT2D eigenvalue weighted by Gasteiger charge is 2.32. The zero-order chi connectivity index (χ0) is 20.2. The molecule has 6 nitrogen and oxygen atoms in total. The lowest BCUT2D eigenvalue weighted by Crippen LogP contribution is -2.29. The number of carbonyl (C=O) groups excluding carboxylic acids is 2. The molecule has 0 saturated heterocycles. The van der Waals surface area contributed by atoms with Crippen LogP contribution in [-0.4, -0.2) is 23.1 Å². The van der Waals surface area contributed by atoms with Crippen molar-refractivity contribution in [3.63, 3.8) is 0 Å². The van der Waals surface area contributed by atoms with Gasteiger partial charge in [-0.25, -0.2) is 4.79 Å². The van der Waals surface area contributed by atoms with Gasteiger partial charge in [-0.1, -0.05) is 11.6 Å². The standard InChI is InChI=1S/C17H14ClF3N2O4/c1-2-27-16(26)10-3-5-12(6-4-10)22-14(24)9-23-8-11(17(19,20)21)7-13(18)15(23)25/h3-8H,2,9H2,1H3,(H,22,24). The minimum absolute atomic E-state index is 0.214. The van der Waals surface area contributed by atoms with Gasteiger partial charge in [0, 0.05) is 11.9 Å². The number of anilines is 1. The number of esters is 1. The van der Waals surface area contributed by atoms with E-state index in [0.717, 1.165) is 0 Å². The zero-order valence-corrected chi connectivity index (χ0v) is 14.7. The van der Waals surface area contributed by atoms with E-state index < -0.39 is 40.7 Å². The largest absolute Gasteiger partial charge is 0.462 e. The molecule has 0 aliphatic rings. The highest BCUT2D eigenvalue weighted by molar-refractivity contribution is 6.30. The molecule has 1 aromatic heterocycles. The zero-order valence-electron chi connectivity index (χ0n) is 14.0. The van der Waals surface area contributed by atoms with Crippen LogP contribution in [0, 0.1) is 0 Å². The van der Waals surface area contributed by atoms with Crippen molar-refractivity contribution >= 4 is 29.2 Å². The third-order valence-electron chi connectivity index (χ3n) is 3.36. The van der Waals surface area contributed by atoms with E-state index >= 15 is 0 Å². The van der Waals surface area contributed by atoms with Gasteiger partial charge in [-0.3, -0.25) is 9.59 Å². The fourth-order valence-electron chi connectivity index (χ4n) is 2.13. The fraction of sp³-hybridized carbons (Fsp3) is 0.235. The Hall–Kier alpha value is -2.81. The number of amides is 1. The third kappa shape index (κ3) is 5.33. The van der Waals surface area contributed by atoms with Crippen LogP contribution in [0.3, 0.4) is 0 Å². The maximum Gasteiger partial charge on any atom is 0.417 e. The first-order valence-electron chi connectivity index (χ1n) is 7.66. The number of ether oxygens (including phenoxy) is 1.